The number of nitrogens with one attached hydrogen (secondary N) is 2. The lowest BCUT2D eigenvalue weighted by molar-refractivity contribution is -0.139. The molecule has 1 atom stereocenters. The number of carbonyl (C=O) groups excluding carboxylic acids is 1. The molecule has 1 unspecified atom stereocenters. The molecule has 1 rings (SSSR count). The first kappa shape index (κ1) is 14.0. The number of carbonyl (C=O) groups is 2. The number of carboxylic acids is 1. The highest BCUT2D eigenvalue weighted by atomic mass is 16.4. The van der Waals surface area contributed by atoms with Crippen molar-refractivity contribution in [3.8, 4) is 0 Å². The lowest BCUT2D eigenvalue weighted by Gasteiger charge is -2.20. The molecule has 0 aliphatic heterocycles. The highest BCUT2D eigenvalue weighted by Gasteiger charge is 2.20. The first-order valence-corrected chi connectivity index (χ1v) is 5.76. The number of aromatic nitrogens is 2. The fraction of sp³-hybridized carbons (Fsp3) is 0.545. The molecule has 1 heterocycles. The molecule has 0 bridgehead atoms. The summed E-state index contributed by atoms with van der Waals surface area (Å²) >= 11 is 0. The Kier molecular flexibility index (Phi) is 5.16. The van der Waals surface area contributed by atoms with Crippen molar-refractivity contribution in [2.75, 3.05) is 7.05 Å². The van der Waals surface area contributed by atoms with Gasteiger partial charge in [0.05, 0.1) is 12.7 Å². The van der Waals surface area contributed by atoms with Gasteiger partial charge in [0.25, 0.3) is 0 Å². The van der Waals surface area contributed by atoms with Gasteiger partial charge in [-0.2, -0.15) is 5.10 Å². The molecule has 0 aromatic carbocycles. The summed E-state index contributed by atoms with van der Waals surface area (Å²) in [5, 5.41) is 17.9. The molecule has 7 heteroatoms. The Hall–Kier alpha value is -2.05. The SMILES string of the molecule is CCCC(NC(=O)N(C)Cc1cn[nH]c1)C(=O)O. The number of aliphatic carboxylic acids is 1. The Bertz CT molecular complexity index is 391. The number of hydrogen-bond acceptors (Lipinski definition) is 3. The first-order chi connectivity index (χ1) is 8.54. The van der Waals surface area contributed by atoms with Crippen LogP contribution in [-0.2, 0) is 11.3 Å². The molecule has 7 nitrogen and oxygen atoms in total. The van der Waals surface area contributed by atoms with Gasteiger partial charge >= 0.3 is 12.0 Å². The van der Waals surface area contributed by atoms with E-state index in [0.29, 0.717) is 19.4 Å². The average Bonchev–Trinajstić information content (AvgIpc) is 2.80. The fourth-order valence-electron chi connectivity index (χ4n) is 1.52. The Morgan fingerprint density at radius 2 is 2.33 bits per heavy atom. The third kappa shape index (κ3) is 4.08. The van der Waals surface area contributed by atoms with Gasteiger partial charge in [-0.05, 0) is 6.42 Å². The lowest BCUT2D eigenvalue weighted by atomic mass is 10.2. The van der Waals surface area contributed by atoms with E-state index in [4.69, 9.17) is 5.11 Å². The number of carboxylic acid groups (broad SMARTS) is 1. The molecular formula is C11H18N4O3. The van der Waals surface area contributed by atoms with Gasteiger partial charge in [-0.25, -0.2) is 9.59 Å². The summed E-state index contributed by atoms with van der Waals surface area (Å²) in [5.74, 6) is -1.01. The third-order valence-electron chi connectivity index (χ3n) is 2.49. The molecule has 0 aliphatic carbocycles. The Labute approximate surface area is 105 Å². The molecule has 0 saturated carbocycles. The molecule has 0 saturated heterocycles. The van der Waals surface area contributed by atoms with Gasteiger partial charge < -0.3 is 15.3 Å². The first-order valence-electron chi connectivity index (χ1n) is 5.76. The van der Waals surface area contributed by atoms with Crippen LogP contribution in [0.15, 0.2) is 12.4 Å². The molecule has 0 radical (unpaired) electrons. The minimum Gasteiger partial charge on any atom is -0.480 e. The summed E-state index contributed by atoms with van der Waals surface area (Å²) < 4.78 is 0. The topological polar surface area (TPSA) is 98.3 Å². The standard InChI is InChI=1S/C11H18N4O3/c1-3-4-9(10(16)17)14-11(18)15(2)7-8-5-12-13-6-8/h5-6,9H,3-4,7H2,1-2H3,(H,12,13)(H,14,18)(H,16,17). The Balaban J connectivity index is 2.50. The van der Waals surface area contributed by atoms with Crippen molar-refractivity contribution in [2.45, 2.75) is 32.4 Å². The highest BCUT2D eigenvalue weighted by Crippen LogP contribution is 2.02. The second kappa shape index (κ2) is 6.63. The number of amides is 2. The summed E-state index contributed by atoms with van der Waals surface area (Å²) in [6.07, 6.45) is 4.41. The summed E-state index contributed by atoms with van der Waals surface area (Å²) in [4.78, 5) is 24.1. The van der Waals surface area contributed by atoms with Gasteiger partial charge in [-0.3, -0.25) is 5.10 Å². The average molecular weight is 254 g/mol. The molecular weight excluding hydrogens is 236 g/mol. The van der Waals surface area contributed by atoms with Crippen molar-refractivity contribution >= 4 is 12.0 Å². The maximum atomic E-state index is 11.8. The maximum absolute atomic E-state index is 11.8. The summed E-state index contributed by atoms with van der Waals surface area (Å²) in [6, 6.07) is -1.24. The minimum atomic E-state index is -1.01. The van der Waals surface area contributed by atoms with Gasteiger partial charge in [0.1, 0.15) is 6.04 Å². The number of hydrogen-bond donors (Lipinski definition) is 3. The molecule has 2 amide bonds. The zero-order chi connectivity index (χ0) is 13.5. The van der Waals surface area contributed by atoms with E-state index in [1.807, 2.05) is 6.92 Å². The quantitative estimate of drug-likeness (QED) is 0.699. The highest BCUT2D eigenvalue weighted by molar-refractivity contribution is 5.82. The minimum absolute atomic E-state index is 0.376. The number of H-pyrrole nitrogens is 1. The molecule has 100 valence electrons. The number of urea groups is 1. The van der Waals surface area contributed by atoms with Crippen molar-refractivity contribution in [3.05, 3.63) is 18.0 Å². The smallest absolute Gasteiger partial charge is 0.326 e. The normalized spacial score (nSPS) is 11.9. The van der Waals surface area contributed by atoms with Gasteiger partial charge in [-0.1, -0.05) is 13.3 Å². The van der Waals surface area contributed by atoms with E-state index in [1.165, 1.54) is 4.90 Å². The molecule has 1 aromatic rings. The zero-order valence-corrected chi connectivity index (χ0v) is 10.5. The van der Waals surface area contributed by atoms with Crippen LogP contribution >= 0.6 is 0 Å². The van der Waals surface area contributed by atoms with Crippen LogP contribution in [0.2, 0.25) is 0 Å². The Morgan fingerprint density at radius 3 is 2.83 bits per heavy atom. The van der Waals surface area contributed by atoms with Crippen LogP contribution in [0.3, 0.4) is 0 Å². The molecule has 0 spiro atoms. The summed E-state index contributed by atoms with van der Waals surface area (Å²) in [6.45, 7) is 2.25. The van der Waals surface area contributed by atoms with Gasteiger partial charge in [-0.15, -0.1) is 0 Å². The number of rotatable bonds is 6. The van der Waals surface area contributed by atoms with Crippen LogP contribution in [0.1, 0.15) is 25.3 Å². The van der Waals surface area contributed by atoms with E-state index in [9.17, 15) is 9.59 Å². The van der Waals surface area contributed by atoms with Crippen molar-refractivity contribution in [3.63, 3.8) is 0 Å². The predicted octanol–water partition coefficient (Wildman–Crippen LogP) is 0.804. The molecule has 18 heavy (non-hydrogen) atoms. The van der Waals surface area contributed by atoms with Crippen molar-refractivity contribution < 1.29 is 14.7 Å². The van der Waals surface area contributed by atoms with E-state index in [1.54, 1.807) is 19.4 Å². The summed E-state index contributed by atoms with van der Waals surface area (Å²) in [7, 11) is 1.60. The van der Waals surface area contributed by atoms with Crippen LogP contribution in [0, 0.1) is 0 Å². The van der Waals surface area contributed by atoms with Crippen molar-refractivity contribution in [1.82, 2.24) is 20.4 Å². The largest absolute Gasteiger partial charge is 0.480 e. The molecule has 0 aliphatic rings. The Morgan fingerprint density at radius 1 is 1.61 bits per heavy atom. The van der Waals surface area contributed by atoms with Gasteiger partial charge in [0, 0.05) is 18.8 Å². The van der Waals surface area contributed by atoms with Gasteiger partial charge in [0.2, 0.25) is 0 Å². The maximum Gasteiger partial charge on any atom is 0.326 e. The van der Waals surface area contributed by atoms with Crippen LogP contribution in [0.25, 0.3) is 0 Å². The van der Waals surface area contributed by atoms with Gasteiger partial charge in [0.15, 0.2) is 0 Å². The lowest BCUT2D eigenvalue weighted by Crippen LogP contribution is -2.46. The van der Waals surface area contributed by atoms with Crippen LogP contribution < -0.4 is 5.32 Å². The molecule has 3 N–H and O–H groups in total. The second-order valence-corrected chi connectivity index (χ2v) is 4.09. The van der Waals surface area contributed by atoms with E-state index >= 15 is 0 Å². The zero-order valence-electron chi connectivity index (χ0n) is 10.5. The fourth-order valence-corrected chi connectivity index (χ4v) is 1.52. The monoisotopic (exact) mass is 254 g/mol. The third-order valence-corrected chi connectivity index (χ3v) is 2.49. The van der Waals surface area contributed by atoms with E-state index in [-0.39, 0.29) is 0 Å². The van der Waals surface area contributed by atoms with Crippen molar-refractivity contribution in [2.24, 2.45) is 0 Å². The van der Waals surface area contributed by atoms with Crippen LogP contribution in [0.4, 0.5) is 4.79 Å². The predicted molar refractivity (Wildman–Crippen MR) is 64.9 cm³/mol. The van der Waals surface area contributed by atoms with E-state index in [0.717, 1.165) is 5.56 Å². The van der Waals surface area contributed by atoms with E-state index < -0.39 is 18.0 Å². The van der Waals surface area contributed by atoms with Crippen LogP contribution in [-0.4, -0.2) is 45.3 Å². The second-order valence-electron chi connectivity index (χ2n) is 4.09. The van der Waals surface area contributed by atoms with Crippen LogP contribution in [0.5, 0.6) is 0 Å². The summed E-state index contributed by atoms with van der Waals surface area (Å²) in [5.41, 5.74) is 0.856. The molecule has 1 aromatic heterocycles. The van der Waals surface area contributed by atoms with E-state index in [2.05, 4.69) is 15.5 Å². The number of nitrogens with zero attached hydrogens (tertiary/aromatic N) is 2. The van der Waals surface area contributed by atoms with Crippen molar-refractivity contribution in [1.29, 1.82) is 0 Å². The molecule has 0 fully saturated rings. The number of aromatic amines is 1.